The van der Waals surface area contributed by atoms with Gasteiger partial charge < -0.3 is 4.52 Å². The van der Waals surface area contributed by atoms with Gasteiger partial charge in [0.2, 0.25) is 5.82 Å². The fourth-order valence-corrected chi connectivity index (χ4v) is 3.07. The Hall–Kier alpha value is -3.87. The minimum absolute atomic E-state index is 0.0637. The first-order valence-electron chi connectivity index (χ1n) is 9.22. The van der Waals surface area contributed by atoms with Crippen LogP contribution in [0.5, 0.6) is 0 Å². The molecule has 0 aliphatic carbocycles. The van der Waals surface area contributed by atoms with Crippen LogP contribution in [0, 0.1) is 6.92 Å². The molecule has 0 saturated carbocycles. The number of carbonyl (C=O) groups excluding carboxylic acids is 1. The van der Waals surface area contributed by atoms with E-state index >= 15 is 0 Å². The van der Waals surface area contributed by atoms with Gasteiger partial charge in [-0.05, 0) is 37.3 Å². The standard InChI is InChI=1S/C23H17F2N3O2/c1-15-11-13-17(14-12-15)28(16-7-3-2-4-8-16)23(29)19-10-6-5-9-18(19)21-26-22(20(24)25)30-27-21/h2-14,20H,1H3. The SMILES string of the molecule is Cc1ccc(N(C(=O)c2ccccc2-c2noc(C(F)F)n2)c2ccccc2)cc1. The molecule has 0 spiro atoms. The molecule has 7 heteroatoms. The predicted octanol–water partition coefficient (Wildman–Crippen LogP) is 5.96. The van der Waals surface area contributed by atoms with Crippen molar-refractivity contribution in [2.75, 3.05) is 4.90 Å². The van der Waals surface area contributed by atoms with Gasteiger partial charge in [-0.2, -0.15) is 13.8 Å². The quantitative estimate of drug-likeness (QED) is 0.411. The molecule has 5 nitrogen and oxygen atoms in total. The monoisotopic (exact) mass is 405 g/mol. The van der Waals surface area contributed by atoms with Crippen LogP contribution in [0.2, 0.25) is 0 Å². The van der Waals surface area contributed by atoms with Crippen molar-refractivity contribution in [1.82, 2.24) is 10.1 Å². The Morgan fingerprint density at radius 1 is 0.900 bits per heavy atom. The lowest BCUT2D eigenvalue weighted by molar-refractivity contribution is 0.0999. The fraction of sp³-hybridized carbons (Fsp3) is 0.0870. The molecule has 0 N–H and O–H groups in total. The lowest BCUT2D eigenvalue weighted by Gasteiger charge is -2.24. The second kappa shape index (κ2) is 8.24. The van der Waals surface area contributed by atoms with Crippen LogP contribution in [-0.4, -0.2) is 16.0 Å². The number of nitrogens with zero attached hydrogens (tertiary/aromatic N) is 3. The third-order valence-electron chi connectivity index (χ3n) is 4.54. The number of aromatic nitrogens is 2. The van der Waals surface area contributed by atoms with Crippen molar-refractivity contribution < 1.29 is 18.1 Å². The summed E-state index contributed by atoms with van der Waals surface area (Å²) in [6, 6.07) is 23.3. The Morgan fingerprint density at radius 2 is 1.53 bits per heavy atom. The number of anilines is 2. The van der Waals surface area contributed by atoms with E-state index < -0.39 is 12.3 Å². The number of halogens is 2. The van der Waals surface area contributed by atoms with E-state index in [0.717, 1.165) is 5.56 Å². The number of para-hydroxylation sites is 1. The summed E-state index contributed by atoms with van der Waals surface area (Å²) in [6.07, 6.45) is -2.89. The Balaban J connectivity index is 1.82. The topological polar surface area (TPSA) is 59.2 Å². The number of alkyl halides is 2. The van der Waals surface area contributed by atoms with Crippen molar-refractivity contribution in [2.45, 2.75) is 13.3 Å². The van der Waals surface area contributed by atoms with Crippen LogP contribution in [0.3, 0.4) is 0 Å². The number of benzene rings is 3. The largest absolute Gasteiger partial charge is 0.333 e. The number of rotatable bonds is 5. The highest BCUT2D eigenvalue weighted by atomic mass is 19.3. The molecule has 1 aromatic heterocycles. The van der Waals surface area contributed by atoms with Crippen LogP contribution < -0.4 is 4.90 Å². The smallest absolute Gasteiger partial charge is 0.315 e. The van der Waals surface area contributed by atoms with Gasteiger partial charge in [-0.15, -0.1) is 0 Å². The molecule has 1 amide bonds. The molecule has 4 aromatic rings. The number of hydrogen-bond acceptors (Lipinski definition) is 4. The van der Waals surface area contributed by atoms with Gasteiger partial charge in [0.15, 0.2) is 0 Å². The maximum absolute atomic E-state index is 13.7. The molecule has 0 atom stereocenters. The van der Waals surface area contributed by atoms with E-state index in [2.05, 4.69) is 14.7 Å². The lowest BCUT2D eigenvalue weighted by Crippen LogP contribution is -2.26. The Morgan fingerprint density at radius 3 is 2.20 bits per heavy atom. The van der Waals surface area contributed by atoms with Gasteiger partial charge in [0.05, 0.1) is 5.56 Å². The summed E-state index contributed by atoms with van der Waals surface area (Å²) in [5.41, 5.74) is 2.98. The highest BCUT2D eigenvalue weighted by Crippen LogP contribution is 2.31. The average molecular weight is 405 g/mol. The van der Waals surface area contributed by atoms with Crippen LogP contribution in [0.25, 0.3) is 11.4 Å². The number of aryl methyl sites for hydroxylation is 1. The molecule has 150 valence electrons. The fourth-order valence-electron chi connectivity index (χ4n) is 3.07. The Labute approximate surface area is 171 Å². The summed E-state index contributed by atoms with van der Waals surface area (Å²) >= 11 is 0. The molecule has 0 radical (unpaired) electrons. The molecule has 30 heavy (non-hydrogen) atoms. The highest BCUT2D eigenvalue weighted by Gasteiger charge is 2.25. The second-order valence-electron chi connectivity index (χ2n) is 6.61. The average Bonchev–Trinajstić information content (AvgIpc) is 3.27. The van der Waals surface area contributed by atoms with Gasteiger partial charge in [-0.25, -0.2) is 0 Å². The zero-order valence-electron chi connectivity index (χ0n) is 16.0. The van der Waals surface area contributed by atoms with Crippen molar-refractivity contribution in [3.05, 3.63) is 95.9 Å². The van der Waals surface area contributed by atoms with Gasteiger partial charge in [-0.3, -0.25) is 9.69 Å². The first-order chi connectivity index (χ1) is 14.5. The number of carbonyl (C=O) groups is 1. The van der Waals surface area contributed by atoms with Crippen LogP contribution in [0.4, 0.5) is 20.2 Å². The molecular formula is C23H17F2N3O2. The van der Waals surface area contributed by atoms with Crippen molar-refractivity contribution in [3.63, 3.8) is 0 Å². The number of amides is 1. The summed E-state index contributed by atoms with van der Waals surface area (Å²) in [5, 5.41) is 3.63. The maximum Gasteiger partial charge on any atom is 0.315 e. The summed E-state index contributed by atoms with van der Waals surface area (Å²) in [5.74, 6) is -1.19. The lowest BCUT2D eigenvalue weighted by atomic mass is 10.0. The normalized spacial score (nSPS) is 10.9. The van der Waals surface area contributed by atoms with Gasteiger partial charge >= 0.3 is 6.43 Å². The molecule has 0 unspecified atom stereocenters. The summed E-state index contributed by atoms with van der Waals surface area (Å²) < 4.78 is 30.4. The van der Waals surface area contributed by atoms with Crippen molar-refractivity contribution in [3.8, 4) is 11.4 Å². The predicted molar refractivity (Wildman–Crippen MR) is 109 cm³/mol. The van der Waals surface area contributed by atoms with Gasteiger partial charge in [0, 0.05) is 16.9 Å². The zero-order valence-corrected chi connectivity index (χ0v) is 16.0. The minimum Gasteiger partial charge on any atom is -0.333 e. The third-order valence-corrected chi connectivity index (χ3v) is 4.54. The summed E-state index contributed by atoms with van der Waals surface area (Å²) in [4.78, 5) is 19.0. The molecule has 4 rings (SSSR count). The highest BCUT2D eigenvalue weighted by molar-refractivity contribution is 6.13. The molecule has 1 heterocycles. The van der Waals surface area contributed by atoms with E-state index in [-0.39, 0.29) is 17.3 Å². The molecule has 3 aromatic carbocycles. The minimum atomic E-state index is -2.89. The molecule has 0 bridgehead atoms. The van der Waals surface area contributed by atoms with E-state index in [1.165, 1.54) is 0 Å². The van der Waals surface area contributed by atoms with Crippen molar-refractivity contribution in [2.24, 2.45) is 0 Å². The molecule has 0 saturated heterocycles. The first-order valence-corrected chi connectivity index (χ1v) is 9.22. The summed E-state index contributed by atoms with van der Waals surface area (Å²) in [6.45, 7) is 1.96. The maximum atomic E-state index is 13.7. The number of hydrogen-bond donors (Lipinski definition) is 0. The molecule has 0 aliphatic rings. The zero-order chi connectivity index (χ0) is 21.1. The molecule has 0 aliphatic heterocycles. The third kappa shape index (κ3) is 3.82. The van der Waals surface area contributed by atoms with Crippen LogP contribution in [0.15, 0.2) is 83.4 Å². The van der Waals surface area contributed by atoms with Gasteiger partial charge in [-0.1, -0.05) is 59.3 Å². The Bertz CT molecular complexity index is 1160. The van der Waals surface area contributed by atoms with Gasteiger partial charge in [0.25, 0.3) is 11.8 Å². The van der Waals surface area contributed by atoms with Crippen molar-refractivity contribution >= 4 is 17.3 Å². The summed E-state index contributed by atoms with van der Waals surface area (Å²) in [7, 11) is 0. The second-order valence-corrected chi connectivity index (χ2v) is 6.61. The van der Waals surface area contributed by atoms with E-state index in [0.29, 0.717) is 16.9 Å². The first kappa shape index (κ1) is 19.4. The van der Waals surface area contributed by atoms with Gasteiger partial charge in [0.1, 0.15) is 0 Å². The van der Waals surface area contributed by atoms with Crippen LogP contribution in [-0.2, 0) is 0 Å². The van der Waals surface area contributed by atoms with Crippen molar-refractivity contribution in [1.29, 1.82) is 0 Å². The van der Waals surface area contributed by atoms with E-state index in [1.807, 2.05) is 61.5 Å². The Kier molecular flexibility index (Phi) is 5.34. The molecular weight excluding hydrogens is 388 g/mol. The van der Waals surface area contributed by atoms with E-state index in [1.54, 1.807) is 29.2 Å². The molecule has 0 fully saturated rings. The van der Waals surface area contributed by atoms with E-state index in [4.69, 9.17) is 0 Å². The van der Waals surface area contributed by atoms with Crippen LogP contribution >= 0.6 is 0 Å². The van der Waals surface area contributed by atoms with E-state index in [9.17, 15) is 13.6 Å². The van der Waals surface area contributed by atoms with Crippen LogP contribution in [0.1, 0.15) is 28.2 Å².